The second-order valence-electron chi connectivity index (χ2n) is 8.47. The molecule has 4 aromatic carbocycles. The molecule has 1 N–H and O–H groups in total. The standard InChI is InChI=1S/C30H30N2O/c1-23(2)32(27-16-10-5-11-17-27)28-20-18-26(19-21-28)31-30(33)22-29(24-12-6-3-7-13-24)25-14-8-4-9-15-25/h3-21,23,29H,22H2,1-2H3,(H,31,33). The maximum atomic E-state index is 13.0. The lowest BCUT2D eigenvalue weighted by Crippen LogP contribution is -2.25. The van der Waals surface area contributed by atoms with Crippen molar-refractivity contribution in [2.24, 2.45) is 0 Å². The third kappa shape index (κ3) is 5.69. The van der Waals surface area contributed by atoms with Crippen molar-refractivity contribution in [3.05, 3.63) is 126 Å². The minimum absolute atomic E-state index is 0.00392. The summed E-state index contributed by atoms with van der Waals surface area (Å²) < 4.78 is 0. The van der Waals surface area contributed by atoms with E-state index in [1.165, 1.54) is 0 Å². The van der Waals surface area contributed by atoms with Crippen molar-refractivity contribution in [2.75, 3.05) is 10.2 Å². The Balaban J connectivity index is 1.49. The molecule has 4 rings (SSSR count). The Morgan fingerprint density at radius 1 is 0.667 bits per heavy atom. The quantitative estimate of drug-likeness (QED) is 0.313. The van der Waals surface area contributed by atoms with Crippen molar-refractivity contribution in [3.63, 3.8) is 0 Å². The van der Waals surface area contributed by atoms with E-state index >= 15 is 0 Å². The largest absolute Gasteiger partial charge is 0.339 e. The summed E-state index contributed by atoms with van der Waals surface area (Å²) in [5.74, 6) is 0.0189. The Hall–Kier alpha value is -3.85. The highest BCUT2D eigenvalue weighted by atomic mass is 16.1. The fraction of sp³-hybridized carbons (Fsp3) is 0.167. The number of nitrogens with zero attached hydrogens (tertiary/aromatic N) is 1. The van der Waals surface area contributed by atoms with E-state index in [9.17, 15) is 4.79 Å². The first kappa shape index (κ1) is 22.3. The van der Waals surface area contributed by atoms with Crippen molar-refractivity contribution in [3.8, 4) is 0 Å². The van der Waals surface area contributed by atoms with Crippen LogP contribution < -0.4 is 10.2 Å². The summed E-state index contributed by atoms with van der Waals surface area (Å²) in [6.45, 7) is 4.35. The smallest absolute Gasteiger partial charge is 0.225 e. The summed E-state index contributed by atoms with van der Waals surface area (Å²) in [5.41, 5.74) is 5.34. The fourth-order valence-corrected chi connectivity index (χ4v) is 4.24. The lowest BCUT2D eigenvalue weighted by atomic mass is 9.88. The van der Waals surface area contributed by atoms with Crippen molar-refractivity contribution >= 4 is 23.0 Å². The SMILES string of the molecule is CC(C)N(c1ccccc1)c1ccc(NC(=O)CC(c2ccccc2)c2ccccc2)cc1. The fourth-order valence-electron chi connectivity index (χ4n) is 4.24. The van der Waals surface area contributed by atoms with E-state index in [0.29, 0.717) is 12.5 Å². The summed E-state index contributed by atoms with van der Waals surface area (Å²) in [6.07, 6.45) is 0.387. The summed E-state index contributed by atoms with van der Waals surface area (Å²) in [4.78, 5) is 15.3. The molecule has 0 heterocycles. The highest BCUT2D eigenvalue weighted by molar-refractivity contribution is 5.91. The first-order valence-corrected chi connectivity index (χ1v) is 11.5. The Bertz CT molecular complexity index is 1100. The first-order valence-electron chi connectivity index (χ1n) is 11.5. The molecule has 3 heteroatoms. The van der Waals surface area contributed by atoms with E-state index in [4.69, 9.17) is 0 Å². The molecule has 33 heavy (non-hydrogen) atoms. The second kappa shape index (κ2) is 10.6. The minimum atomic E-state index is 0.00392. The van der Waals surface area contributed by atoms with Gasteiger partial charge in [0, 0.05) is 35.4 Å². The monoisotopic (exact) mass is 434 g/mol. The minimum Gasteiger partial charge on any atom is -0.339 e. The number of anilines is 3. The number of carbonyl (C=O) groups is 1. The Morgan fingerprint density at radius 3 is 1.61 bits per heavy atom. The van der Waals surface area contributed by atoms with E-state index in [2.05, 4.69) is 84.7 Å². The van der Waals surface area contributed by atoms with Gasteiger partial charge in [-0.2, -0.15) is 0 Å². The molecule has 166 valence electrons. The Kier molecular flexibility index (Phi) is 7.21. The summed E-state index contributed by atoms with van der Waals surface area (Å²) >= 11 is 0. The average molecular weight is 435 g/mol. The molecule has 4 aromatic rings. The highest BCUT2D eigenvalue weighted by Gasteiger charge is 2.18. The second-order valence-corrected chi connectivity index (χ2v) is 8.47. The number of carbonyl (C=O) groups excluding carboxylic acids is 1. The zero-order chi connectivity index (χ0) is 23.0. The van der Waals surface area contributed by atoms with Crippen LogP contribution >= 0.6 is 0 Å². The predicted octanol–water partition coefficient (Wildman–Crippen LogP) is 7.39. The molecule has 0 saturated heterocycles. The molecule has 0 aliphatic heterocycles. The number of rotatable bonds is 8. The van der Waals surface area contributed by atoms with Gasteiger partial charge in [-0.25, -0.2) is 0 Å². The Morgan fingerprint density at radius 2 is 1.12 bits per heavy atom. The molecule has 0 aliphatic rings. The predicted molar refractivity (Wildman–Crippen MR) is 138 cm³/mol. The molecule has 1 amide bonds. The van der Waals surface area contributed by atoms with Gasteiger partial charge in [-0.3, -0.25) is 4.79 Å². The van der Waals surface area contributed by atoms with Crippen molar-refractivity contribution in [2.45, 2.75) is 32.2 Å². The van der Waals surface area contributed by atoms with Crippen LogP contribution in [0.3, 0.4) is 0 Å². The van der Waals surface area contributed by atoms with E-state index < -0.39 is 0 Å². The molecule has 3 nitrogen and oxygen atoms in total. The van der Waals surface area contributed by atoms with Gasteiger partial charge >= 0.3 is 0 Å². The van der Waals surface area contributed by atoms with Gasteiger partial charge in [-0.1, -0.05) is 78.9 Å². The van der Waals surface area contributed by atoms with Crippen LogP contribution in [0.15, 0.2) is 115 Å². The molecule has 0 saturated carbocycles. The molecule has 0 aliphatic carbocycles. The van der Waals surface area contributed by atoms with E-state index in [-0.39, 0.29) is 11.8 Å². The maximum Gasteiger partial charge on any atom is 0.225 e. The summed E-state index contributed by atoms with van der Waals surface area (Å²) in [5, 5.41) is 3.09. The Labute approximate surface area is 196 Å². The first-order chi connectivity index (χ1) is 16.1. The van der Waals surface area contributed by atoms with Crippen molar-refractivity contribution in [1.29, 1.82) is 0 Å². The summed E-state index contributed by atoms with van der Waals surface area (Å²) in [7, 11) is 0. The third-order valence-electron chi connectivity index (χ3n) is 5.77. The van der Waals surface area contributed by atoms with Crippen LogP contribution in [-0.2, 0) is 4.79 Å². The van der Waals surface area contributed by atoms with Gasteiger partial charge in [0.2, 0.25) is 5.91 Å². The number of nitrogens with one attached hydrogen (secondary N) is 1. The van der Waals surface area contributed by atoms with Crippen LogP contribution in [0.1, 0.15) is 37.3 Å². The molecule has 0 unspecified atom stereocenters. The lowest BCUT2D eigenvalue weighted by Gasteiger charge is -2.29. The molecule has 0 atom stereocenters. The third-order valence-corrected chi connectivity index (χ3v) is 5.77. The van der Waals surface area contributed by atoms with Crippen molar-refractivity contribution < 1.29 is 4.79 Å². The van der Waals surface area contributed by atoms with Gasteiger partial charge in [0.25, 0.3) is 0 Å². The topological polar surface area (TPSA) is 32.3 Å². The van der Waals surface area contributed by atoms with E-state index in [0.717, 1.165) is 28.2 Å². The van der Waals surface area contributed by atoms with Crippen LogP contribution in [0, 0.1) is 0 Å². The normalized spacial score (nSPS) is 10.9. The maximum absolute atomic E-state index is 13.0. The highest BCUT2D eigenvalue weighted by Crippen LogP contribution is 2.30. The number of hydrogen-bond donors (Lipinski definition) is 1. The van der Waals surface area contributed by atoms with Gasteiger partial charge in [-0.05, 0) is 61.4 Å². The number of benzene rings is 4. The summed E-state index contributed by atoms with van der Waals surface area (Å²) in [6, 6.07) is 39.2. The number of amides is 1. The van der Waals surface area contributed by atoms with Gasteiger partial charge < -0.3 is 10.2 Å². The van der Waals surface area contributed by atoms with Crippen molar-refractivity contribution in [1.82, 2.24) is 0 Å². The molecule has 0 radical (unpaired) electrons. The van der Waals surface area contributed by atoms with Crippen LogP contribution in [0.2, 0.25) is 0 Å². The molecular formula is C30H30N2O. The molecule has 0 fully saturated rings. The van der Waals surface area contributed by atoms with Crippen LogP contribution in [0.4, 0.5) is 17.1 Å². The number of para-hydroxylation sites is 1. The van der Waals surface area contributed by atoms with Crippen LogP contribution in [0.5, 0.6) is 0 Å². The molecule has 0 spiro atoms. The van der Waals surface area contributed by atoms with Crippen LogP contribution in [0.25, 0.3) is 0 Å². The van der Waals surface area contributed by atoms with Gasteiger partial charge in [-0.15, -0.1) is 0 Å². The van der Waals surface area contributed by atoms with Gasteiger partial charge in [0.1, 0.15) is 0 Å². The molecular weight excluding hydrogens is 404 g/mol. The van der Waals surface area contributed by atoms with Gasteiger partial charge in [0.15, 0.2) is 0 Å². The zero-order valence-corrected chi connectivity index (χ0v) is 19.2. The zero-order valence-electron chi connectivity index (χ0n) is 19.2. The molecule has 0 bridgehead atoms. The number of hydrogen-bond acceptors (Lipinski definition) is 2. The van der Waals surface area contributed by atoms with Gasteiger partial charge in [0.05, 0.1) is 0 Å². The van der Waals surface area contributed by atoms with E-state index in [1.807, 2.05) is 54.6 Å². The van der Waals surface area contributed by atoms with E-state index in [1.54, 1.807) is 0 Å². The van der Waals surface area contributed by atoms with Crippen LogP contribution in [-0.4, -0.2) is 11.9 Å². The average Bonchev–Trinajstić information content (AvgIpc) is 2.85. The lowest BCUT2D eigenvalue weighted by molar-refractivity contribution is -0.116. The molecule has 0 aromatic heterocycles.